The van der Waals surface area contributed by atoms with Crippen molar-refractivity contribution in [1.29, 1.82) is 0 Å². The van der Waals surface area contributed by atoms with Crippen LogP contribution in [0.15, 0.2) is 30.3 Å². The fraction of sp³-hybridized carbons (Fsp3) is 0.353. The molecule has 0 fully saturated rings. The molecule has 1 heterocycles. The van der Waals surface area contributed by atoms with Crippen molar-refractivity contribution < 1.29 is 23.9 Å². The average Bonchev–Trinajstić information content (AvgIpc) is 2.98. The van der Waals surface area contributed by atoms with Crippen molar-refractivity contribution in [3.63, 3.8) is 0 Å². The van der Waals surface area contributed by atoms with Gasteiger partial charge in [-0.1, -0.05) is 23.4 Å². The highest BCUT2D eigenvalue weighted by Gasteiger charge is 2.42. The number of carbonyl (C=O) groups is 3. The van der Waals surface area contributed by atoms with Gasteiger partial charge >= 0.3 is 11.9 Å². The molecular formula is C17H17N3O5. The molecule has 1 aromatic carbocycles. The quantitative estimate of drug-likeness (QED) is 0.455. The molecule has 2 aromatic rings. The number of fused-ring (bicyclic) bond motifs is 1. The van der Waals surface area contributed by atoms with Gasteiger partial charge in [0.25, 0.3) is 0 Å². The normalized spacial score (nSPS) is 19.7. The molecule has 0 saturated carbocycles. The number of rotatable bonds is 3. The zero-order chi connectivity index (χ0) is 18.0. The molecule has 130 valence electrons. The largest absolute Gasteiger partial charge is 0.468 e. The van der Waals surface area contributed by atoms with Crippen molar-refractivity contribution in [1.82, 2.24) is 15.0 Å². The van der Waals surface area contributed by atoms with Gasteiger partial charge in [-0.15, -0.1) is 5.10 Å². The Morgan fingerprint density at radius 1 is 1.04 bits per heavy atom. The minimum absolute atomic E-state index is 0.0428. The van der Waals surface area contributed by atoms with Gasteiger partial charge in [0, 0.05) is 12.8 Å². The minimum atomic E-state index is -1.10. The molecule has 0 amide bonds. The van der Waals surface area contributed by atoms with Crippen LogP contribution < -0.4 is 0 Å². The summed E-state index contributed by atoms with van der Waals surface area (Å²) in [6, 6.07) is 9.24. The predicted molar refractivity (Wildman–Crippen MR) is 84.8 cm³/mol. The zero-order valence-electron chi connectivity index (χ0n) is 13.8. The van der Waals surface area contributed by atoms with E-state index in [9.17, 15) is 14.4 Å². The summed E-state index contributed by atoms with van der Waals surface area (Å²) in [5.41, 5.74) is 1.86. The van der Waals surface area contributed by atoms with Gasteiger partial charge < -0.3 is 9.47 Å². The summed E-state index contributed by atoms with van der Waals surface area (Å²) >= 11 is 0. The third-order valence-electron chi connectivity index (χ3n) is 4.30. The Balaban J connectivity index is 2.08. The van der Waals surface area contributed by atoms with Gasteiger partial charge in [-0.2, -0.15) is 0 Å². The summed E-state index contributed by atoms with van der Waals surface area (Å²) in [5, 5.41) is 8.24. The second kappa shape index (κ2) is 6.84. The molecule has 3 rings (SSSR count). The van der Waals surface area contributed by atoms with Crippen molar-refractivity contribution >= 4 is 17.7 Å². The molecule has 0 saturated heterocycles. The fourth-order valence-electron chi connectivity index (χ4n) is 2.99. The van der Waals surface area contributed by atoms with Gasteiger partial charge in [0.15, 0.2) is 5.78 Å². The van der Waals surface area contributed by atoms with Crippen LogP contribution in [0, 0.1) is 11.8 Å². The molecule has 1 aliphatic carbocycles. The number of methoxy groups -OCH3 is 2. The number of para-hydroxylation sites is 1. The van der Waals surface area contributed by atoms with Crippen LogP contribution in [-0.4, -0.2) is 46.9 Å². The van der Waals surface area contributed by atoms with Crippen LogP contribution in [0.4, 0.5) is 0 Å². The second-order valence-electron chi connectivity index (χ2n) is 5.69. The maximum absolute atomic E-state index is 12.7. The highest BCUT2D eigenvalue weighted by atomic mass is 16.5. The molecule has 1 aliphatic rings. The van der Waals surface area contributed by atoms with E-state index in [4.69, 9.17) is 9.47 Å². The molecule has 25 heavy (non-hydrogen) atoms. The van der Waals surface area contributed by atoms with Crippen molar-refractivity contribution in [2.24, 2.45) is 11.8 Å². The maximum atomic E-state index is 12.7. The highest BCUT2D eigenvalue weighted by Crippen LogP contribution is 2.27. The zero-order valence-corrected chi connectivity index (χ0v) is 13.8. The van der Waals surface area contributed by atoms with E-state index in [0.29, 0.717) is 11.4 Å². The number of hydrogen-bond acceptors (Lipinski definition) is 7. The van der Waals surface area contributed by atoms with E-state index in [-0.39, 0.29) is 12.8 Å². The van der Waals surface area contributed by atoms with E-state index in [1.807, 2.05) is 30.3 Å². The van der Waals surface area contributed by atoms with Gasteiger partial charge in [0.2, 0.25) is 0 Å². The van der Waals surface area contributed by atoms with Crippen LogP contribution in [0.25, 0.3) is 5.69 Å². The first-order valence-corrected chi connectivity index (χ1v) is 7.75. The molecule has 8 nitrogen and oxygen atoms in total. The molecule has 0 N–H and O–H groups in total. The number of benzene rings is 1. The number of aromatic nitrogens is 3. The molecule has 0 aliphatic heterocycles. The Labute approximate surface area is 143 Å². The standard InChI is InChI=1S/C17H17N3O5/c1-24-16(22)11-8-13-14(9-12(15(11)21)17(23)25-2)20(19-18-13)10-6-4-3-5-7-10/h3-7,11-12H,8-9H2,1-2H3. The van der Waals surface area contributed by atoms with E-state index in [1.54, 1.807) is 4.68 Å². The van der Waals surface area contributed by atoms with Crippen molar-refractivity contribution in [3.8, 4) is 5.69 Å². The number of ether oxygens (including phenoxy) is 2. The van der Waals surface area contributed by atoms with Crippen LogP contribution in [-0.2, 0) is 36.7 Å². The van der Waals surface area contributed by atoms with Crippen molar-refractivity contribution in [3.05, 3.63) is 41.7 Å². The van der Waals surface area contributed by atoms with Crippen LogP contribution >= 0.6 is 0 Å². The van der Waals surface area contributed by atoms with Gasteiger partial charge in [-0.05, 0) is 12.1 Å². The van der Waals surface area contributed by atoms with Crippen LogP contribution in [0.2, 0.25) is 0 Å². The Hall–Kier alpha value is -3.03. The molecule has 2 atom stereocenters. The van der Waals surface area contributed by atoms with E-state index in [0.717, 1.165) is 5.69 Å². The topological polar surface area (TPSA) is 100 Å². The molecule has 2 unspecified atom stereocenters. The number of hydrogen-bond donors (Lipinski definition) is 0. The average molecular weight is 343 g/mol. The van der Waals surface area contributed by atoms with E-state index < -0.39 is 29.6 Å². The summed E-state index contributed by atoms with van der Waals surface area (Å²) in [4.78, 5) is 36.8. The monoisotopic (exact) mass is 343 g/mol. The summed E-state index contributed by atoms with van der Waals surface area (Å²) in [6.07, 6.45) is 0.109. The Bertz CT molecular complexity index is 815. The maximum Gasteiger partial charge on any atom is 0.316 e. The minimum Gasteiger partial charge on any atom is -0.468 e. The second-order valence-corrected chi connectivity index (χ2v) is 5.69. The first kappa shape index (κ1) is 16.8. The fourth-order valence-corrected chi connectivity index (χ4v) is 2.99. The van der Waals surface area contributed by atoms with E-state index >= 15 is 0 Å². The lowest BCUT2D eigenvalue weighted by molar-refractivity contribution is -0.155. The number of esters is 2. The lowest BCUT2D eigenvalue weighted by Gasteiger charge is -2.15. The highest BCUT2D eigenvalue weighted by molar-refractivity contribution is 6.09. The Morgan fingerprint density at radius 3 is 2.24 bits per heavy atom. The molecule has 1 aromatic heterocycles. The lowest BCUT2D eigenvalue weighted by Crippen LogP contribution is -2.36. The number of ketones is 1. The van der Waals surface area contributed by atoms with E-state index in [1.165, 1.54) is 14.2 Å². The summed E-state index contributed by atoms with van der Waals surface area (Å²) < 4.78 is 11.1. The van der Waals surface area contributed by atoms with Crippen LogP contribution in [0.3, 0.4) is 0 Å². The van der Waals surface area contributed by atoms with Gasteiger partial charge in [0.1, 0.15) is 11.8 Å². The lowest BCUT2D eigenvalue weighted by atomic mass is 9.91. The molecule has 0 bridgehead atoms. The first-order valence-electron chi connectivity index (χ1n) is 7.75. The summed E-state index contributed by atoms with van der Waals surface area (Å²) in [5.74, 6) is -4.10. The molecule has 0 radical (unpaired) electrons. The molecule has 8 heteroatoms. The number of nitrogens with zero attached hydrogens (tertiary/aromatic N) is 3. The van der Waals surface area contributed by atoms with Gasteiger partial charge in [-0.3, -0.25) is 14.4 Å². The summed E-state index contributed by atoms with van der Waals surface area (Å²) in [6.45, 7) is 0. The Kier molecular flexibility index (Phi) is 4.60. The van der Waals surface area contributed by atoms with Crippen molar-refractivity contribution in [2.75, 3.05) is 14.2 Å². The van der Waals surface area contributed by atoms with Crippen LogP contribution in [0.5, 0.6) is 0 Å². The Morgan fingerprint density at radius 2 is 1.64 bits per heavy atom. The SMILES string of the molecule is COC(=O)C1Cc2nnn(-c3ccccc3)c2CC(C(=O)OC)C1=O. The van der Waals surface area contributed by atoms with Gasteiger partial charge in [-0.25, -0.2) is 4.68 Å². The first-order chi connectivity index (χ1) is 12.1. The molecular weight excluding hydrogens is 326 g/mol. The smallest absolute Gasteiger partial charge is 0.316 e. The number of carbonyl (C=O) groups excluding carboxylic acids is 3. The summed E-state index contributed by atoms with van der Waals surface area (Å²) in [7, 11) is 2.41. The van der Waals surface area contributed by atoms with E-state index in [2.05, 4.69) is 10.3 Å². The number of Topliss-reactive ketones (excluding diaryl/α,β-unsaturated/α-hetero) is 1. The van der Waals surface area contributed by atoms with Crippen LogP contribution in [0.1, 0.15) is 11.4 Å². The predicted octanol–water partition coefficient (Wildman–Crippen LogP) is 0.513. The third-order valence-corrected chi connectivity index (χ3v) is 4.30. The molecule has 0 spiro atoms. The van der Waals surface area contributed by atoms with Crippen molar-refractivity contribution in [2.45, 2.75) is 12.8 Å². The third kappa shape index (κ3) is 3.02. The van der Waals surface area contributed by atoms with Gasteiger partial charge in [0.05, 0.1) is 31.3 Å².